The molecule has 0 bridgehead atoms. The number of carbonyl (C=O) groups is 1. The van der Waals surface area contributed by atoms with Crippen LogP contribution in [0.1, 0.15) is 12.6 Å². The van der Waals surface area contributed by atoms with Crippen LogP contribution >= 0.6 is 22.7 Å². The van der Waals surface area contributed by atoms with E-state index < -0.39 is 0 Å². The summed E-state index contributed by atoms with van der Waals surface area (Å²) >= 11 is 2.88. The Kier molecular flexibility index (Phi) is 5.30. The number of fused-ring (bicyclic) bond motifs is 1. The number of carbonyl (C=O) groups excluding carboxylic acids is 1. The summed E-state index contributed by atoms with van der Waals surface area (Å²) in [5, 5.41) is 7.19. The number of nitrogens with one attached hydrogen (secondary N) is 1. The fraction of sp³-hybridized carbons (Fsp3) is 0.412. The van der Waals surface area contributed by atoms with Crippen LogP contribution in [0.2, 0.25) is 0 Å². The van der Waals surface area contributed by atoms with Gasteiger partial charge in [0.1, 0.15) is 0 Å². The van der Waals surface area contributed by atoms with Gasteiger partial charge in [0, 0.05) is 61.9 Å². The molecule has 27 heavy (non-hydrogen) atoms. The molecule has 0 spiro atoms. The molecule has 3 aromatic rings. The average Bonchev–Trinajstić information content (AvgIpc) is 3.33. The zero-order chi connectivity index (χ0) is 18.8. The van der Waals surface area contributed by atoms with Crippen LogP contribution in [0.15, 0.2) is 34.0 Å². The lowest BCUT2D eigenvalue weighted by atomic mass is 10.2. The number of amides is 1. The van der Waals surface area contributed by atoms with Crippen molar-refractivity contribution >= 4 is 38.7 Å². The molecule has 0 aromatic carbocycles. The number of nitrogens with zero attached hydrogens (tertiary/aromatic N) is 5. The predicted octanol–water partition coefficient (Wildman–Crippen LogP) is 1.36. The SMILES string of the molecule is CC(C(=O)Nc1nccs1)N1CCN(Cc2cc(=O)n3ccsc3n2)CC1. The van der Waals surface area contributed by atoms with Crippen molar-refractivity contribution in [3.8, 4) is 0 Å². The molecule has 4 heterocycles. The van der Waals surface area contributed by atoms with Crippen molar-refractivity contribution in [2.75, 3.05) is 31.5 Å². The van der Waals surface area contributed by atoms with Gasteiger partial charge in [-0.1, -0.05) is 0 Å². The van der Waals surface area contributed by atoms with E-state index in [2.05, 4.69) is 25.1 Å². The summed E-state index contributed by atoms with van der Waals surface area (Å²) in [6.07, 6.45) is 3.42. The third-order valence-corrected chi connectivity index (χ3v) is 6.18. The molecular formula is C17H20N6O2S2. The van der Waals surface area contributed by atoms with E-state index >= 15 is 0 Å². The lowest BCUT2D eigenvalue weighted by Gasteiger charge is -2.37. The maximum Gasteiger partial charge on any atom is 0.258 e. The molecule has 8 nitrogen and oxygen atoms in total. The normalized spacial score (nSPS) is 17.2. The van der Waals surface area contributed by atoms with Crippen LogP contribution < -0.4 is 10.9 Å². The van der Waals surface area contributed by atoms with Crippen molar-refractivity contribution in [3.63, 3.8) is 0 Å². The van der Waals surface area contributed by atoms with E-state index in [9.17, 15) is 9.59 Å². The average molecular weight is 405 g/mol. The number of aromatic nitrogens is 3. The van der Waals surface area contributed by atoms with E-state index in [4.69, 9.17) is 0 Å². The number of rotatable bonds is 5. The fourth-order valence-electron chi connectivity index (χ4n) is 3.17. The minimum Gasteiger partial charge on any atom is -0.301 e. The second-order valence-electron chi connectivity index (χ2n) is 6.46. The smallest absolute Gasteiger partial charge is 0.258 e. The van der Waals surface area contributed by atoms with Gasteiger partial charge in [0.2, 0.25) is 5.91 Å². The molecule has 4 rings (SSSR count). The molecule has 0 radical (unpaired) electrons. The summed E-state index contributed by atoms with van der Waals surface area (Å²) in [6, 6.07) is 1.40. The highest BCUT2D eigenvalue weighted by Gasteiger charge is 2.26. The predicted molar refractivity (Wildman–Crippen MR) is 106 cm³/mol. The lowest BCUT2D eigenvalue weighted by molar-refractivity contribution is -0.121. The van der Waals surface area contributed by atoms with E-state index in [0.717, 1.165) is 36.8 Å². The summed E-state index contributed by atoms with van der Waals surface area (Å²) in [5.41, 5.74) is 0.757. The molecule has 1 atom stereocenters. The van der Waals surface area contributed by atoms with E-state index in [1.54, 1.807) is 22.9 Å². The van der Waals surface area contributed by atoms with Gasteiger partial charge in [0.25, 0.3) is 5.56 Å². The van der Waals surface area contributed by atoms with Gasteiger partial charge in [-0.05, 0) is 6.92 Å². The minimum atomic E-state index is -0.207. The van der Waals surface area contributed by atoms with Crippen molar-refractivity contribution in [1.82, 2.24) is 24.2 Å². The van der Waals surface area contributed by atoms with Crippen LogP contribution in [0.4, 0.5) is 5.13 Å². The van der Waals surface area contributed by atoms with Crippen molar-refractivity contribution in [2.45, 2.75) is 19.5 Å². The molecule has 0 aliphatic carbocycles. The number of piperazine rings is 1. The zero-order valence-electron chi connectivity index (χ0n) is 14.9. The van der Waals surface area contributed by atoms with E-state index in [1.165, 1.54) is 22.7 Å². The van der Waals surface area contributed by atoms with Crippen LogP contribution in [0, 0.1) is 0 Å². The quantitative estimate of drug-likeness (QED) is 0.691. The van der Waals surface area contributed by atoms with Gasteiger partial charge in [0.05, 0.1) is 11.7 Å². The second-order valence-corrected chi connectivity index (χ2v) is 8.22. The van der Waals surface area contributed by atoms with Gasteiger partial charge >= 0.3 is 0 Å². The number of hydrogen-bond acceptors (Lipinski definition) is 8. The van der Waals surface area contributed by atoms with Crippen LogP contribution in [0.3, 0.4) is 0 Å². The molecule has 1 aliphatic rings. The molecule has 142 valence electrons. The highest BCUT2D eigenvalue weighted by atomic mass is 32.1. The number of anilines is 1. The standard InChI is InChI=1S/C17H20N6O2S2/c1-12(15(25)20-16-18-2-8-26-16)22-5-3-21(4-6-22)11-13-10-14(24)23-7-9-27-17(23)19-13/h2,7-10,12H,3-6,11H2,1H3,(H,18,20,25). The van der Waals surface area contributed by atoms with Crippen molar-refractivity contribution in [2.24, 2.45) is 0 Å². The number of hydrogen-bond donors (Lipinski definition) is 1. The Labute approximate surface area is 164 Å². The van der Waals surface area contributed by atoms with Crippen LogP contribution in [0.25, 0.3) is 4.96 Å². The Morgan fingerprint density at radius 3 is 2.81 bits per heavy atom. The first kappa shape index (κ1) is 18.2. The summed E-state index contributed by atoms with van der Waals surface area (Å²) < 4.78 is 1.56. The Bertz CT molecular complexity index is 975. The van der Waals surface area contributed by atoms with Crippen molar-refractivity contribution in [3.05, 3.63) is 45.3 Å². The Morgan fingerprint density at radius 2 is 2.07 bits per heavy atom. The third kappa shape index (κ3) is 4.08. The van der Waals surface area contributed by atoms with Crippen LogP contribution in [-0.2, 0) is 11.3 Å². The summed E-state index contributed by atoms with van der Waals surface area (Å²) in [6.45, 7) is 5.84. The topological polar surface area (TPSA) is 82.8 Å². The van der Waals surface area contributed by atoms with Gasteiger partial charge in [-0.2, -0.15) is 0 Å². The molecule has 1 unspecified atom stereocenters. The highest BCUT2D eigenvalue weighted by Crippen LogP contribution is 2.14. The Hall–Kier alpha value is -2.14. The summed E-state index contributed by atoms with van der Waals surface area (Å²) in [4.78, 5) is 38.3. The van der Waals surface area contributed by atoms with E-state index in [1.807, 2.05) is 17.7 Å². The van der Waals surface area contributed by atoms with Crippen molar-refractivity contribution < 1.29 is 4.79 Å². The van der Waals surface area contributed by atoms with Crippen molar-refractivity contribution in [1.29, 1.82) is 0 Å². The molecule has 1 aliphatic heterocycles. The van der Waals surface area contributed by atoms with Gasteiger partial charge in [-0.25, -0.2) is 9.97 Å². The fourth-order valence-corrected chi connectivity index (χ4v) is 4.44. The van der Waals surface area contributed by atoms with E-state index in [0.29, 0.717) is 11.7 Å². The van der Waals surface area contributed by atoms with Crippen LogP contribution in [-0.4, -0.2) is 62.3 Å². The maximum atomic E-state index is 12.4. The largest absolute Gasteiger partial charge is 0.301 e. The minimum absolute atomic E-state index is 0.0313. The molecule has 1 fully saturated rings. The molecular weight excluding hydrogens is 384 g/mol. The molecule has 3 aromatic heterocycles. The molecule has 1 saturated heterocycles. The van der Waals surface area contributed by atoms with Gasteiger partial charge in [-0.15, -0.1) is 22.7 Å². The molecule has 1 amide bonds. The molecule has 10 heteroatoms. The summed E-state index contributed by atoms with van der Waals surface area (Å²) in [5.74, 6) is -0.0313. The van der Waals surface area contributed by atoms with E-state index in [-0.39, 0.29) is 17.5 Å². The lowest BCUT2D eigenvalue weighted by Crippen LogP contribution is -2.52. The Balaban J connectivity index is 1.32. The summed E-state index contributed by atoms with van der Waals surface area (Å²) in [7, 11) is 0. The first-order valence-electron chi connectivity index (χ1n) is 8.73. The zero-order valence-corrected chi connectivity index (χ0v) is 16.5. The first-order valence-corrected chi connectivity index (χ1v) is 10.5. The molecule has 1 N–H and O–H groups in total. The monoisotopic (exact) mass is 404 g/mol. The van der Waals surface area contributed by atoms with Gasteiger partial charge in [-0.3, -0.25) is 23.8 Å². The maximum absolute atomic E-state index is 12.4. The third-order valence-electron chi connectivity index (χ3n) is 4.74. The number of thiazole rings is 2. The Morgan fingerprint density at radius 1 is 1.26 bits per heavy atom. The second kappa shape index (κ2) is 7.85. The molecule has 0 saturated carbocycles. The van der Waals surface area contributed by atoms with Gasteiger partial charge < -0.3 is 5.32 Å². The van der Waals surface area contributed by atoms with Gasteiger partial charge in [0.15, 0.2) is 10.1 Å². The highest BCUT2D eigenvalue weighted by molar-refractivity contribution is 7.15. The van der Waals surface area contributed by atoms with Crippen LogP contribution in [0.5, 0.6) is 0 Å². The first-order chi connectivity index (χ1) is 13.1.